The van der Waals surface area contributed by atoms with Gasteiger partial charge in [0, 0.05) is 44.7 Å². The monoisotopic (exact) mass is 274 g/mol. The second-order valence-corrected chi connectivity index (χ2v) is 5.58. The Kier molecular flexibility index (Phi) is 2.86. The highest BCUT2D eigenvalue weighted by Crippen LogP contribution is 2.35. The second kappa shape index (κ2) is 4.21. The molecule has 3 rings (SSSR count). The third-order valence-corrected chi connectivity index (χ3v) is 3.96. The molecule has 0 saturated carbocycles. The first-order valence-corrected chi connectivity index (χ1v) is 6.49. The maximum atomic E-state index is 12.6. The molecule has 3 heterocycles. The highest BCUT2D eigenvalue weighted by Gasteiger charge is 2.47. The van der Waals surface area contributed by atoms with E-state index in [0.29, 0.717) is 24.2 Å². The molecule has 0 bridgehead atoms. The van der Waals surface area contributed by atoms with E-state index >= 15 is 0 Å². The molecule has 2 fully saturated rings. The van der Waals surface area contributed by atoms with Gasteiger partial charge in [0.15, 0.2) is 5.69 Å². The minimum atomic E-state index is -4.36. The van der Waals surface area contributed by atoms with Gasteiger partial charge in [-0.25, -0.2) is 0 Å². The molecular formula is C12H17F3N4. The van der Waals surface area contributed by atoms with Crippen molar-refractivity contribution in [3.63, 3.8) is 0 Å². The lowest BCUT2D eigenvalue weighted by molar-refractivity contribution is -0.141. The highest BCUT2D eigenvalue weighted by molar-refractivity contribution is 5.15. The van der Waals surface area contributed by atoms with Gasteiger partial charge < -0.3 is 5.32 Å². The Morgan fingerprint density at radius 2 is 2.05 bits per heavy atom. The minimum Gasteiger partial charge on any atom is -0.315 e. The van der Waals surface area contributed by atoms with Gasteiger partial charge in [-0.1, -0.05) is 0 Å². The summed E-state index contributed by atoms with van der Waals surface area (Å²) in [5.41, 5.74) is 0.256. The van der Waals surface area contributed by atoms with Crippen LogP contribution in [0.3, 0.4) is 0 Å². The van der Waals surface area contributed by atoms with Crippen LogP contribution in [0.15, 0.2) is 6.07 Å². The van der Waals surface area contributed by atoms with Gasteiger partial charge in [0.25, 0.3) is 0 Å². The Hall–Kier alpha value is -1.08. The lowest BCUT2D eigenvalue weighted by atomic mass is 9.74. The summed E-state index contributed by atoms with van der Waals surface area (Å²) in [6, 6.07) is 1.17. The number of nitrogens with zero attached hydrogens (tertiary/aromatic N) is 3. The van der Waals surface area contributed by atoms with Crippen LogP contribution < -0.4 is 5.32 Å². The summed E-state index contributed by atoms with van der Waals surface area (Å²) in [7, 11) is 0. The molecular weight excluding hydrogens is 257 g/mol. The maximum Gasteiger partial charge on any atom is 0.435 e. The summed E-state index contributed by atoms with van der Waals surface area (Å²) in [6.45, 7) is 6.83. The van der Waals surface area contributed by atoms with Gasteiger partial charge in [0.1, 0.15) is 0 Å². The predicted octanol–water partition coefficient (Wildman–Crippen LogP) is 1.33. The van der Waals surface area contributed by atoms with Crippen molar-refractivity contribution in [2.75, 3.05) is 26.2 Å². The molecule has 19 heavy (non-hydrogen) atoms. The summed E-state index contributed by atoms with van der Waals surface area (Å²) in [5.74, 6) is 0. The van der Waals surface area contributed by atoms with Gasteiger partial charge in [-0.3, -0.25) is 9.58 Å². The molecule has 0 unspecified atom stereocenters. The van der Waals surface area contributed by atoms with E-state index in [4.69, 9.17) is 0 Å². The van der Waals surface area contributed by atoms with Crippen LogP contribution in [0.5, 0.6) is 0 Å². The fourth-order valence-corrected chi connectivity index (χ4v) is 2.94. The summed E-state index contributed by atoms with van der Waals surface area (Å²) >= 11 is 0. The quantitative estimate of drug-likeness (QED) is 0.902. The Balaban J connectivity index is 1.68. The number of alkyl halides is 3. The van der Waals surface area contributed by atoms with Crippen LogP contribution in [-0.2, 0) is 19.3 Å². The van der Waals surface area contributed by atoms with E-state index < -0.39 is 11.9 Å². The van der Waals surface area contributed by atoms with Crippen LogP contribution >= 0.6 is 0 Å². The summed E-state index contributed by atoms with van der Waals surface area (Å²) < 4.78 is 39.4. The Morgan fingerprint density at radius 3 is 2.53 bits per heavy atom. The number of aryl methyl sites for hydroxylation is 1. The SMILES string of the molecule is CCn1nc(C(F)(F)F)cc1CN1CC2(CNC2)C1. The molecule has 2 aliphatic heterocycles. The maximum absolute atomic E-state index is 12.6. The number of hydrogen-bond acceptors (Lipinski definition) is 3. The standard InChI is InChI=1S/C12H17F3N4/c1-2-19-9(3-10(17-19)12(13,14)15)4-18-7-11(8-18)5-16-6-11/h3,16H,2,4-8H2,1H3. The van der Waals surface area contributed by atoms with Crippen LogP contribution in [0.4, 0.5) is 13.2 Å². The van der Waals surface area contributed by atoms with Crippen molar-refractivity contribution in [1.82, 2.24) is 20.0 Å². The summed E-state index contributed by atoms with van der Waals surface area (Å²) in [4.78, 5) is 2.18. The van der Waals surface area contributed by atoms with Crippen molar-refractivity contribution >= 4 is 0 Å². The molecule has 0 aliphatic carbocycles. The fraction of sp³-hybridized carbons (Fsp3) is 0.750. The Morgan fingerprint density at radius 1 is 1.37 bits per heavy atom. The van der Waals surface area contributed by atoms with E-state index in [2.05, 4.69) is 15.3 Å². The first kappa shape index (κ1) is 12.9. The molecule has 1 N–H and O–H groups in total. The molecule has 4 nitrogen and oxygen atoms in total. The predicted molar refractivity (Wildman–Crippen MR) is 63.5 cm³/mol. The second-order valence-electron chi connectivity index (χ2n) is 5.58. The van der Waals surface area contributed by atoms with E-state index in [1.807, 2.05) is 6.92 Å². The van der Waals surface area contributed by atoms with Crippen molar-refractivity contribution < 1.29 is 13.2 Å². The molecule has 2 aliphatic rings. The molecule has 106 valence electrons. The van der Waals surface area contributed by atoms with Crippen LogP contribution in [0.25, 0.3) is 0 Å². The molecule has 1 aromatic rings. The van der Waals surface area contributed by atoms with Gasteiger partial charge >= 0.3 is 6.18 Å². The molecule has 0 radical (unpaired) electrons. The first-order valence-electron chi connectivity index (χ1n) is 6.49. The number of rotatable bonds is 3. The lowest BCUT2D eigenvalue weighted by Crippen LogP contribution is -2.70. The van der Waals surface area contributed by atoms with Gasteiger partial charge in [0.05, 0.1) is 5.69 Å². The average molecular weight is 274 g/mol. The first-order chi connectivity index (χ1) is 8.92. The molecule has 0 aromatic carbocycles. The zero-order chi connectivity index (χ0) is 13.7. The van der Waals surface area contributed by atoms with Gasteiger partial charge in [-0.2, -0.15) is 18.3 Å². The Bertz CT molecular complexity index is 468. The average Bonchev–Trinajstić information content (AvgIpc) is 2.62. The van der Waals surface area contributed by atoms with E-state index in [-0.39, 0.29) is 0 Å². The van der Waals surface area contributed by atoms with Gasteiger partial charge in [-0.15, -0.1) is 0 Å². The van der Waals surface area contributed by atoms with E-state index in [1.165, 1.54) is 10.7 Å². The summed E-state index contributed by atoms with van der Waals surface area (Å²) in [5, 5.41) is 6.88. The molecule has 0 amide bonds. The molecule has 1 spiro atoms. The summed E-state index contributed by atoms with van der Waals surface area (Å²) in [6.07, 6.45) is -4.36. The zero-order valence-electron chi connectivity index (χ0n) is 10.8. The molecule has 1 aromatic heterocycles. The van der Waals surface area contributed by atoms with Gasteiger partial charge in [-0.05, 0) is 13.0 Å². The third kappa shape index (κ3) is 2.25. The topological polar surface area (TPSA) is 33.1 Å². The van der Waals surface area contributed by atoms with Crippen LogP contribution in [0.1, 0.15) is 18.3 Å². The van der Waals surface area contributed by atoms with Crippen molar-refractivity contribution in [3.05, 3.63) is 17.5 Å². The lowest BCUT2D eigenvalue weighted by Gasteiger charge is -2.56. The van der Waals surface area contributed by atoms with E-state index in [9.17, 15) is 13.2 Å². The molecule has 0 atom stereocenters. The normalized spacial score (nSPS) is 22.3. The van der Waals surface area contributed by atoms with Crippen LogP contribution in [0, 0.1) is 5.41 Å². The van der Waals surface area contributed by atoms with Crippen LogP contribution in [-0.4, -0.2) is 40.9 Å². The molecule has 2 saturated heterocycles. The largest absolute Gasteiger partial charge is 0.435 e. The van der Waals surface area contributed by atoms with E-state index in [1.54, 1.807) is 0 Å². The van der Waals surface area contributed by atoms with Crippen molar-refractivity contribution in [2.45, 2.75) is 26.2 Å². The van der Waals surface area contributed by atoms with Crippen molar-refractivity contribution in [3.8, 4) is 0 Å². The van der Waals surface area contributed by atoms with E-state index in [0.717, 1.165) is 26.2 Å². The molecule has 7 heteroatoms. The number of hydrogen-bond donors (Lipinski definition) is 1. The van der Waals surface area contributed by atoms with Crippen molar-refractivity contribution in [1.29, 1.82) is 0 Å². The number of likely N-dealkylation sites (tertiary alicyclic amines) is 1. The minimum absolute atomic E-state index is 0.393. The van der Waals surface area contributed by atoms with Crippen molar-refractivity contribution in [2.24, 2.45) is 5.41 Å². The zero-order valence-corrected chi connectivity index (χ0v) is 10.8. The number of halogens is 3. The Labute approximate surface area is 109 Å². The van der Waals surface area contributed by atoms with Gasteiger partial charge in [0.2, 0.25) is 0 Å². The number of nitrogens with one attached hydrogen (secondary N) is 1. The number of aromatic nitrogens is 2. The van der Waals surface area contributed by atoms with Crippen LogP contribution in [0.2, 0.25) is 0 Å². The highest BCUT2D eigenvalue weighted by atomic mass is 19.4. The third-order valence-electron chi connectivity index (χ3n) is 3.96. The fourth-order valence-electron chi connectivity index (χ4n) is 2.94. The smallest absolute Gasteiger partial charge is 0.315 e.